The van der Waals surface area contributed by atoms with Crippen LogP contribution in [0.25, 0.3) is 21.3 Å². The van der Waals surface area contributed by atoms with Crippen molar-refractivity contribution in [2.24, 2.45) is 11.3 Å². The van der Waals surface area contributed by atoms with E-state index in [1.165, 1.54) is 65.9 Å². The van der Waals surface area contributed by atoms with Crippen molar-refractivity contribution < 1.29 is 66.3 Å². The van der Waals surface area contributed by atoms with E-state index in [0.717, 1.165) is 33.3 Å². The van der Waals surface area contributed by atoms with Gasteiger partial charge in [-0.05, 0) is 97.5 Å². The van der Waals surface area contributed by atoms with Crippen LogP contribution >= 0.6 is 11.3 Å². The number of aliphatic hydroxyl groups is 1. The number of benzene rings is 5. The Morgan fingerprint density at radius 3 is 2.16 bits per heavy atom. The zero-order chi connectivity index (χ0) is 60.5. The summed E-state index contributed by atoms with van der Waals surface area (Å²) in [5.41, 5.74) is 5.39. The second kappa shape index (κ2) is 27.2. The van der Waals surface area contributed by atoms with Gasteiger partial charge in [0, 0.05) is 98.3 Å². The van der Waals surface area contributed by atoms with Crippen LogP contribution in [0.4, 0.5) is 20.2 Å². The summed E-state index contributed by atoms with van der Waals surface area (Å²) in [7, 11) is 1.50. The van der Waals surface area contributed by atoms with Crippen molar-refractivity contribution in [3.63, 3.8) is 0 Å². The number of likely N-dealkylation sites (tertiary alicyclic amines) is 1. The maximum Gasteiger partial charge on any atom is 0.255 e. The fourth-order valence-corrected chi connectivity index (χ4v) is 11.4. The highest BCUT2D eigenvalue weighted by atomic mass is 32.1. The van der Waals surface area contributed by atoms with Gasteiger partial charge in [0.1, 0.15) is 34.8 Å². The fourth-order valence-electron chi connectivity index (χ4n) is 10.6. The SMILES string of the molecule is COc1cc2c(Oc3ccc(NC(=O)C4(C(=O)Nc5ccc(F)cc5)CC4)cc3F)ccnc2cc1OCCCOCCOCCCOc1cc(-c2scnc2C)ccc1CNC(=O)C1CC(O)CN1C(=O)C(C(C)C)N1Cc2ccccc2C1=O. The molecule has 86 heavy (non-hydrogen) atoms. The molecule has 22 heteroatoms. The minimum Gasteiger partial charge on any atom is -0.493 e. The van der Waals surface area contributed by atoms with Crippen molar-refractivity contribution >= 4 is 63.2 Å². The second-order valence-corrected chi connectivity index (χ2v) is 22.5. The Kier molecular flexibility index (Phi) is 19.2. The summed E-state index contributed by atoms with van der Waals surface area (Å²) < 4.78 is 64.6. The minimum absolute atomic E-state index is 0.0194. The first-order valence-electron chi connectivity index (χ1n) is 28.5. The largest absolute Gasteiger partial charge is 0.493 e. The quantitative estimate of drug-likeness (QED) is 0.0278. The molecule has 5 aromatic carbocycles. The average Bonchev–Trinajstić information content (AvgIpc) is 1.68. The zero-order valence-corrected chi connectivity index (χ0v) is 48.9. The van der Waals surface area contributed by atoms with Crippen LogP contribution < -0.4 is 34.9 Å². The number of β-amino-alcohol motifs (C(OH)–C–C–N with tert-alkyl or cyclic N) is 1. The monoisotopic (exact) mass is 1200 g/mol. The number of aryl methyl sites for hydroxylation is 1. The molecule has 3 atom stereocenters. The highest BCUT2D eigenvalue weighted by Gasteiger charge is 2.56. The Morgan fingerprint density at radius 2 is 1.49 bits per heavy atom. The molecule has 2 fully saturated rings. The van der Waals surface area contributed by atoms with E-state index in [0.29, 0.717) is 117 Å². The van der Waals surface area contributed by atoms with Crippen LogP contribution in [0.2, 0.25) is 0 Å². The minimum atomic E-state index is -1.32. The summed E-state index contributed by atoms with van der Waals surface area (Å²) in [6, 6.07) is 25.5. The number of thiazole rings is 1. The summed E-state index contributed by atoms with van der Waals surface area (Å²) in [5.74, 6) is -1.99. The molecule has 2 aromatic heterocycles. The first kappa shape index (κ1) is 60.5. The number of rotatable bonds is 27. The zero-order valence-electron chi connectivity index (χ0n) is 48.1. The molecule has 4 heterocycles. The summed E-state index contributed by atoms with van der Waals surface area (Å²) in [4.78, 5) is 80.8. The van der Waals surface area contributed by atoms with Gasteiger partial charge >= 0.3 is 0 Å². The lowest BCUT2D eigenvalue weighted by atomic mass is 10.0. The number of aliphatic hydroxyl groups excluding tert-OH is 1. The third kappa shape index (κ3) is 13.9. The Bertz CT molecular complexity index is 3620. The van der Waals surface area contributed by atoms with Crippen molar-refractivity contribution in [3.05, 3.63) is 149 Å². The summed E-state index contributed by atoms with van der Waals surface area (Å²) in [6.07, 6.45) is 2.43. The van der Waals surface area contributed by atoms with E-state index in [1.54, 1.807) is 40.7 Å². The van der Waals surface area contributed by atoms with Crippen LogP contribution in [-0.2, 0) is 41.7 Å². The number of hydrogen-bond acceptors (Lipinski definition) is 15. The van der Waals surface area contributed by atoms with Crippen LogP contribution in [0.15, 0.2) is 115 Å². The normalized spacial score (nSPS) is 16.2. The molecule has 0 spiro atoms. The van der Waals surface area contributed by atoms with Crippen molar-refractivity contribution in [1.29, 1.82) is 0 Å². The van der Waals surface area contributed by atoms with E-state index >= 15 is 4.39 Å². The molecular formula is C64H67F2N7O12S. The number of aromatic nitrogens is 2. The van der Waals surface area contributed by atoms with Crippen LogP contribution in [-0.4, -0.2) is 126 Å². The number of halogens is 2. The van der Waals surface area contributed by atoms with Crippen LogP contribution in [0.5, 0.6) is 28.7 Å². The lowest BCUT2D eigenvalue weighted by Crippen LogP contribution is -2.55. The molecule has 3 unspecified atom stereocenters. The van der Waals surface area contributed by atoms with Gasteiger partial charge in [0.05, 0.1) is 61.2 Å². The molecule has 2 aliphatic heterocycles. The maximum atomic E-state index is 15.5. The molecule has 1 saturated heterocycles. The van der Waals surface area contributed by atoms with Crippen LogP contribution in [0, 0.1) is 29.9 Å². The Balaban J connectivity index is 0.652. The van der Waals surface area contributed by atoms with Crippen molar-refractivity contribution in [1.82, 2.24) is 25.1 Å². The summed E-state index contributed by atoms with van der Waals surface area (Å²) >= 11 is 1.52. The fraction of sp³-hybridized carbons (Fsp3) is 0.359. The van der Waals surface area contributed by atoms with Crippen molar-refractivity contribution in [2.45, 2.75) is 84.2 Å². The van der Waals surface area contributed by atoms with Crippen molar-refractivity contribution in [3.8, 4) is 39.2 Å². The van der Waals surface area contributed by atoms with Gasteiger partial charge in [-0.2, -0.15) is 0 Å². The molecule has 0 bridgehead atoms. The lowest BCUT2D eigenvalue weighted by Gasteiger charge is -2.35. The standard InChI is InChI=1S/C64H67F2N7O12S/c1-38(2)57(73-35-42-9-5-6-10-47(42)60(73)76)61(77)72-36-46(74)31-51(72)59(75)68-34-41-12-11-40(58-39(3)69-37-86-58)29-54(41)83-25-7-23-81-27-28-82-24-8-26-84-56-33-50-48(32-55(56)80-4)52(19-22-67-50)85-53-18-17-45(30-49(53)66)71-63(79)64(20-21-64)62(78)70-44-15-13-43(65)14-16-44/h5-6,9-19,22,29-30,32-33,37-38,46,51,57,74H,7-8,20-21,23-28,31,34-36H2,1-4H3,(H,68,75)(H,70,78)(H,71,79). The molecule has 1 aliphatic carbocycles. The Hall–Kier alpha value is -8.57. The van der Waals surface area contributed by atoms with Gasteiger partial charge in [-0.1, -0.05) is 44.2 Å². The van der Waals surface area contributed by atoms with Gasteiger partial charge in [-0.25, -0.2) is 13.8 Å². The topological polar surface area (TPSA) is 229 Å². The van der Waals surface area contributed by atoms with Crippen LogP contribution in [0.3, 0.4) is 0 Å². The Morgan fingerprint density at radius 1 is 0.779 bits per heavy atom. The van der Waals surface area contributed by atoms with E-state index in [2.05, 4.69) is 25.9 Å². The molecule has 4 N–H and O–H groups in total. The number of carbonyl (C=O) groups is 5. The van der Waals surface area contributed by atoms with Gasteiger partial charge in [0.25, 0.3) is 5.91 Å². The molecule has 19 nitrogen and oxygen atoms in total. The molecule has 7 aromatic rings. The smallest absolute Gasteiger partial charge is 0.255 e. The van der Waals surface area contributed by atoms with Gasteiger partial charge in [-0.3, -0.25) is 29.0 Å². The molecule has 10 rings (SSSR count). The third-order valence-corrected chi connectivity index (χ3v) is 16.3. The van der Waals surface area contributed by atoms with Gasteiger partial charge in [0.2, 0.25) is 23.6 Å². The van der Waals surface area contributed by atoms with Crippen LogP contribution in [0.1, 0.15) is 73.1 Å². The number of pyridine rings is 1. The van der Waals surface area contributed by atoms with E-state index in [-0.39, 0.29) is 48.7 Å². The number of carbonyl (C=O) groups excluding carboxylic acids is 5. The number of ether oxygens (including phenoxy) is 6. The van der Waals surface area contributed by atoms with E-state index in [1.807, 2.05) is 51.1 Å². The predicted molar refractivity (Wildman–Crippen MR) is 317 cm³/mol. The van der Waals surface area contributed by atoms with E-state index < -0.39 is 53.0 Å². The number of hydrogen-bond donors (Lipinski definition) is 4. The number of amides is 5. The van der Waals surface area contributed by atoms with E-state index in [4.69, 9.17) is 28.4 Å². The van der Waals surface area contributed by atoms with Gasteiger partial charge in [0.15, 0.2) is 23.1 Å². The van der Waals surface area contributed by atoms with Gasteiger partial charge < -0.3 is 59.3 Å². The molecule has 0 radical (unpaired) electrons. The molecule has 3 aliphatic rings. The number of nitrogens with one attached hydrogen (secondary N) is 3. The highest BCUT2D eigenvalue weighted by molar-refractivity contribution is 7.13. The first-order chi connectivity index (χ1) is 41.6. The highest BCUT2D eigenvalue weighted by Crippen LogP contribution is 2.48. The maximum absolute atomic E-state index is 15.5. The number of fused-ring (bicyclic) bond motifs is 2. The third-order valence-electron chi connectivity index (χ3n) is 15.3. The predicted octanol–water partition coefficient (Wildman–Crippen LogP) is 9.63. The van der Waals surface area contributed by atoms with Crippen molar-refractivity contribution in [2.75, 3.05) is 63.9 Å². The van der Waals surface area contributed by atoms with Gasteiger partial charge in [-0.15, -0.1) is 11.3 Å². The average molecular weight is 1200 g/mol. The number of anilines is 2. The first-order valence-corrected chi connectivity index (χ1v) is 29.4. The number of methoxy groups -OCH3 is 1. The lowest BCUT2D eigenvalue weighted by molar-refractivity contribution is -0.143. The Labute approximate surface area is 499 Å². The molecule has 450 valence electrons. The number of nitrogens with zero attached hydrogens (tertiary/aromatic N) is 4. The summed E-state index contributed by atoms with van der Waals surface area (Å²) in [6.45, 7) is 8.21. The summed E-state index contributed by atoms with van der Waals surface area (Å²) in [5, 5.41) is 19.6. The second-order valence-electron chi connectivity index (χ2n) is 21.7. The molecular weight excluding hydrogens is 1130 g/mol. The van der Waals surface area contributed by atoms with E-state index in [9.17, 15) is 33.5 Å². The molecule has 1 saturated carbocycles. The molecule has 5 amide bonds.